The summed E-state index contributed by atoms with van der Waals surface area (Å²) < 4.78 is 40.0. The summed E-state index contributed by atoms with van der Waals surface area (Å²) in [6, 6.07) is 3.96. The molecular formula is C15H22FNO3S. The Morgan fingerprint density at radius 1 is 1.38 bits per heavy atom. The minimum absolute atomic E-state index is 0.0250. The third-order valence-electron chi connectivity index (χ3n) is 3.49. The number of sulfonamides is 1. The average Bonchev–Trinajstić information content (AvgIpc) is 2.44. The number of halogens is 1. The van der Waals surface area contributed by atoms with Crippen molar-refractivity contribution in [3.05, 3.63) is 42.7 Å². The molecule has 0 bridgehead atoms. The second-order valence-corrected chi connectivity index (χ2v) is 6.79. The molecule has 0 aliphatic rings. The third-order valence-corrected chi connectivity index (χ3v) is 4.97. The Balaban J connectivity index is 3.00. The maximum Gasteiger partial charge on any atom is 0.240 e. The predicted octanol–water partition coefficient (Wildman–Crippen LogP) is 2.46. The first-order chi connectivity index (χ1) is 9.81. The Hall–Kier alpha value is -1.24. The van der Waals surface area contributed by atoms with E-state index in [1.807, 2.05) is 13.8 Å². The molecule has 4 nitrogen and oxygen atoms in total. The van der Waals surface area contributed by atoms with Gasteiger partial charge in [-0.1, -0.05) is 26.3 Å². The molecule has 1 rings (SSSR count). The van der Waals surface area contributed by atoms with Gasteiger partial charge >= 0.3 is 0 Å². The zero-order chi connectivity index (χ0) is 16.0. The van der Waals surface area contributed by atoms with Gasteiger partial charge in [0.1, 0.15) is 5.82 Å². The van der Waals surface area contributed by atoms with E-state index in [2.05, 4.69) is 11.3 Å². The molecule has 0 fully saturated rings. The molecule has 0 amide bonds. The number of hydrogen-bond donors (Lipinski definition) is 2. The van der Waals surface area contributed by atoms with E-state index < -0.39 is 28.0 Å². The van der Waals surface area contributed by atoms with Gasteiger partial charge < -0.3 is 5.11 Å². The lowest BCUT2D eigenvalue weighted by Gasteiger charge is -2.28. The maximum atomic E-state index is 12.9. The Labute approximate surface area is 125 Å². The lowest BCUT2D eigenvalue weighted by atomic mass is 9.94. The Kier molecular flexibility index (Phi) is 6.51. The second-order valence-electron chi connectivity index (χ2n) is 5.08. The number of nitrogens with one attached hydrogen (secondary N) is 1. The SMILES string of the molecule is C=CCC(O)[C@@H](NS(=O)(=O)c1ccc(F)cc1)[C@@H](C)CC. The maximum absolute atomic E-state index is 12.9. The van der Waals surface area contributed by atoms with Crippen LogP contribution in [0.1, 0.15) is 26.7 Å². The zero-order valence-electron chi connectivity index (χ0n) is 12.3. The Morgan fingerprint density at radius 3 is 2.43 bits per heavy atom. The molecule has 0 radical (unpaired) electrons. The summed E-state index contributed by atoms with van der Waals surface area (Å²) in [6.45, 7) is 7.34. The van der Waals surface area contributed by atoms with Crippen LogP contribution in [0.3, 0.4) is 0 Å². The molecule has 118 valence electrons. The van der Waals surface area contributed by atoms with Crippen LogP contribution >= 0.6 is 0 Å². The lowest BCUT2D eigenvalue weighted by Crippen LogP contribution is -2.47. The highest BCUT2D eigenvalue weighted by Crippen LogP contribution is 2.18. The molecule has 1 aromatic rings. The van der Waals surface area contributed by atoms with Gasteiger partial charge in [0.2, 0.25) is 10.0 Å². The molecule has 0 saturated carbocycles. The summed E-state index contributed by atoms with van der Waals surface area (Å²) in [7, 11) is -3.81. The molecule has 0 saturated heterocycles. The van der Waals surface area contributed by atoms with Crippen LogP contribution in [-0.2, 0) is 10.0 Å². The van der Waals surface area contributed by atoms with Gasteiger partial charge in [-0.15, -0.1) is 6.58 Å². The third kappa shape index (κ3) is 4.91. The summed E-state index contributed by atoms with van der Waals surface area (Å²) >= 11 is 0. The summed E-state index contributed by atoms with van der Waals surface area (Å²) in [5, 5.41) is 10.1. The van der Waals surface area contributed by atoms with Crippen molar-refractivity contribution in [2.45, 2.75) is 43.7 Å². The zero-order valence-corrected chi connectivity index (χ0v) is 13.1. The number of benzene rings is 1. The molecule has 0 aliphatic heterocycles. The highest BCUT2D eigenvalue weighted by Gasteiger charge is 2.28. The topological polar surface area (TPSA) is 66.4 Å². The fourth-order valence-corrected chi connectivity index (χ4v) is 3.38. The van der Waals surface area contributed by atoms with E-state index in [0.29, 0.717) is 12.8 Å². The number of rotatable bonds is 8. The van der Waals surface area contributed by atoms with E-state index in [0.717, 1.165) is 12.1 Å². The van der Waals surface area contributed by atoms with Crippen LogP contribution in [0.25, 0.3) is 0 Å². The van der Waals surface area contributed by atoms with Gasteiger partial charge in [-0.2, -0.15) is 0 Å². The van der Waals surface area contributed by atoms with Crippen LogP contribution in [0.15, 0.2) is 41.8 Å². The normalized spacial score (nSPS) is 16.2. The molecule has 1 unspecified atom stereocenters. The fourth-order valence-electron chi connectivity index (χ4n) is 2.01. The minimum atomic E-state index is -3.81. The van der Waals surface area contributed by atoms with Gasteiger partial charge in [0, 0.05) is 0 Å². The largest absolute Gasteiger partial charge is 0.391 e. The van der Waals surface area contributed by atoms with Crippen LogP contribution in [0, 0.1) is 11.7 Å². The Bertz CT molecular complexity index is 557. The number of aliphatic hydroxyl groups is 1. The van der Waals surface area contributed by atoms with Gasteiger partial charge in [-0.25, -0.2) is 17.5 Å². The first-order valence-electron chi connectivity index (χ1n) is 6.88. The molecule has 6 heteroatoms. The van der Waals surface area contributed by atoms with Crippen molar-refractivity contribution in [1.82, 2.24) is 4.72 Å². The van der Waals surface area contributed by atoms with Crippen molar-refractivity contribution in [1.29, 1.82) is 0 Å². The van der Waals surface area contributed by atoms with Gasteiger partial charge in [0.05, 0.1) is 17.0 Å². The standard InChI is InChI=1S/C15H22FNO3S/c1-4-6-14(18)15(11(3)5-2)17-21(19,20)13-9-7-12(16)8-10-13/h4,7-11,14-15,17-18H,1,5-6H2,2-3H3/t11-,14?,15-/m0/s1. The quantitative estimate of drug-likeness (QED) is 0.724. The lowest BCUT2D eigenvalue weighted by molar-refractivity contribution is 0.114. The van der Waals surface area contributed by atoms with Crippen LogP contribution < -0.4 is 4.72 Å². The monoisotopic (exact) mass is 315 g/mol. The predicted molar refractivity (Wildman–Crippen MR) is 80.8 cm³/mol. The van der Waals surface area contributed by atoms with E-state index in [1.165, 1.54) is 12.1 Å². The number of hydrogen-bond acceptors (Lipinski definition) is 3. The highest BCUT2D eigenvalue weighted by atomic mass is 32.2. The van der Waals surface area contributed by atoms with Crippen LogP contribution in [0.5, 0.6) is 0 Å². The van der Waals surface area contributed by atoms with Gasteiger partial charge in [-0.3, -0.25) is 0 Å². The molecule has 0 heterocycles. The minimum Gasteiger partial charge on any atom is -0.391 e. The first-order valence-corrected chi connectivity index (χ1v) is 8.37. The van der Waals surface area contributed by atoms with Crippen LogP contribution in [0.4, 0.5) is 4.39 Å². The molecule has 3 atom stereocenters. The van der Waals surface area contributed by atoms with Gasteiger partial charge in [0.25, 0.3) is 0 Å². The summed E-state index contributed by atoms with van der Waals surface area (Å²) in [6.07, 6.45) is 1.70. The molecule has 1 aromatic carbocycles. The molecular weight excluding hydrogens is 293 g/mol. The smallest absolute Gasteiger partial charge is 0.240 e. The Morgan fingerprint density at radius 2 is 1.95 bits per heavy atom. The van der Waals surface area contributed by atoms with Crippen molar-refractivity contribution in [2.24, 2.45) is 5.92 Å². The average molecular weight is 315 g/mol. The van der Waals surface area contributed by atoms with Crippen LogP contribution in [-0.4, -0.2) is 25.7 Å². The van der Waals surface area contributed by atoms with Gasteiger partial charge in [0.15, 0.2) is 0 Å². The molecule has 2 N–H and O–H groups in total. The van der Waals surface area contributed by atoms with E-state index in [9.17, 15) is 17.9 Å². The van der Waals surface area contributed by atoms with Crippen LogP contribution in [0.2, 0.25) is 0 Å². The van der Waals surface area contributed by atoms with E-state index in [4.69, 9.17) is 0 Å². The second kappa shape index (κ2) is 7.68. The van der Waals surface area contributed by atoms with Gasteiger partial charge in [-0.05, 0) is 36.6 Å². The molecule has 0 aliphatic carbocycles. The molecule has 21 heavy (non-hydrogen) atoms. The van der Waals surface area contributed by atoms with Crippen molar-refractivity contribution < 1.29 is 17.9 Å². The highest BCUT2D eigenvalue weighted by molar-refractivity contribution is 7.89. The fraction of sp³-hybridized carbons (Fsp3) is 0.467. The van der Waals surface area contributed by atoms with E-state index in [1.54, 1.807) is 6.08 Å². The number of aliphatic hydroxyl groups excluding tert-OH is 1. The first kappa shape index (κ1) is 17.8. The van der Waals surface area contributed by atoms with Crippen molar-refractivity contribution >= 4 is 10.0 Å². The van der Waals surface area contributed by atoms with Crippen molar-refractivity contribution in [3.8, 4) is 0 Å². The van der Waals surface area contributed by atoms with Crippen molar-refractivity contribution in [2.75, 3.05) is 0 Å². The molecule has 0 spiro atoms. The summed E-state index contributed by atoms with van der Waals surface area (Å²) in [5.41, 5.74) is 0. The molecule has 0 aromatic heterocycles. The summed E-state index contributed by atoms with van der Waals surface area (Å²) in [4.78, 5) is -0.0250. The van der Waals surface area contributed by atoms with E-state index in [-0.39, 0.29) is 10.8 Å². The van der Waals surface area contributed by atoms with Crippen molar-refractivity contribution in [3.63, 3.8) is 0 Å². The van der Waals surface area contributed by atoms with E-state index >= 15 is 0 Å². The summed E-state index contributed by atoms with van der Waals surface area (Å²) in [5.74, 6) is -0.547.